The highest BCUT2D eigenvalue weighted by molar-refractivity contribution is 5.94. The fraction of sp³-hybridized carbons (Fsp3) is 0.300. The molecule has 0 aliphatic heterocycles. The summed E-state index contributed by atoms with van der Waals surface area (Å²) in [4.78, 5) is 19.9. The van der Waals surface area contributed by atoms with Crippen molar-refractivity contribution in [2.24, 2.45) is 0 Å². The maximum absolute atomic E-state index is 12.5. The molecule has 0 aliphatic carbocycles. The predicted octanol–water partition coefficient (Wildman–Crippen LogP) is 4.40. The summed E-state index contributed by atoms with van der Waals surface area (Å²) in [7, 11) is 0. The van der Waals surface area contributed by atoms with Crippen molar-refractivity contribution >= 4 is 22.9 Å². The highest BCUT2D eigenvalue weighted by Crippen LogP contribution is 2.28. The lowest BCUT2D eigenvalue weighted by Gasteiger charge is -2.19. The Bertz CT molecular complexity index is 866. The first-order valence-corrected chi connectivity index (χ1v) is 8.47. The molecule has 1 unspecified atom stereocenters. The highest BCUT2D eigenvalue weighted by Gasteiger charge is 2.19. The zero-order valence-corrected chi connectivity index (χ0v) is 15.0. The number of carbonyl (C=O) groups is 1. The third-order valence-electron chi connectivity index (χ3n) is 4.10. The maximum atomic E-state index is 12.5. The van der Waals surface area contributed by atoms with Gasteiger partial charge in [-0.05, 0) is 49.1 Å². The number of nitrogens with one attached hydrogen (secondary N) is 2. The SMILES string of the molecule is Cc1ccc(C(C)C)c(OC(C)C(=O)Nc2nc3ccccc3[nH]2)c1. The Hall–Kier alpha value is -2.82. The molecule has 1 heterocycles. The van der Waals surface area contributed by atoms with Crippen LogP contribution < -0.4 is 10.1 Å². The van der Waals surface area contributed by atoms with Crippen LogP contribution in [0.2, 0.25) is 0 Å². The molecular weight excluding hydrogens is 314 g/mol. The van der Waals surface area contributed by atoms with Gasteiger partial charge in [0.1, 0.15) is 5.75 Å². The van der Waals surface area contributed by atoms with Crippen LogP contribution in [0.25, 0.3) is 11.0 Å². The summed E-state index contributed by atoms with van der Waals surface area (Å²) in [5, 5.41) is 2.78. The lowest BCUT2D eigenvalue weighted by atomic mass is 10.0. The maximum Gasteiger partial charge on any atom is 0.267 e. The van der Waals surface area contributed by atoms with Gasteiger partial charge in [-0.15, -0.1) is 0 Å². The van der Waals surface area contributed by atoms with Crippen LogP contribution in [0.15, 0.2) is 42.5 Å². The Morgan fingerprint density at radius 1 is 1.16 bits per heavy atom. The molecule has 0 bridgehead atoms. The Labute approximate surface area is 147 Å². The summed E-state index contributed by atoms with van der Waals surface area (Å²) >= 11 is 0. The molecular formula is C20H23N3O2. The number of anilines is 1. The zero-order chi connectivity index (χ0) is 18.0. The quantitative estimate of drug-likeness (QED) is 0.725. The van der Waals surface area contributed by atoms with Crippen molar-refractivity contribution in [3.8, 4) is 5.75 Å². The van der Waals surface area contributed by atoms with Gasteiger partial charge in [0.25, 0.3) is 5.91 Å². The molecule has 1 atom stereocenters. The van der Waals surface area contributed by atoms with E-state index < -0.39 is 6.10 Å². The minimum absolute atomic E-state index is 0.240. The first-order valence-electron chi connectivity index (χ1n) is 8.47. The molecule has 0 saturated heterocycles. The van der Waals surface area contributed by atoms with Crippen LogP contribution in [-0.2, 0) is 4.79 Å². The topological polar surface area (TPSA) is 67.0 Å². The van der Waals surface area contributed by atoms with Gasteiger partial charge in [-0.1, -0.05) is 38.1 Å². The number of imidazole rings is 1. The van der Waals surface area contributed by atoms with Gasteiger partial charge in [-0.3, -0.25) is 10.1 Å². The smallest absolute Gasteiger partial charge is 0.267 e. The third-order valence-corrected chi connectivity index (χ3v) is 4.10. The molecule has 2 aromatic carbocycles. The summed E-state index contributed by atoms with van der Waals surface area (Å²) in [5.41, 5.74) is 3.89. The lowest BCUT2D eigenvalue weighted by Crippen LogP contribution is -2.30. The molecule has 3 aromatic rings. The number of aromatic amines is 1. The average molecular weight is 337 g/mol. The molecule has 3 rings (SSSR count). The zero-order valence-electron chi connectivity index (χ0n) is 15.0. The standard InChI is InChI=1S/C20H23N3O2/c1-12(2)15-10-9-13(3)11-18(15)25-14(4)19(24)23-20-21-16-7-5-6-8-17(16)22-20/h5-12,14H,1-4H3,(H2,21,22,23,24). The fourth-order valence-electron chi connectivity index (χ4n) is 2.69. The van der Waals surface area contributed by atoms with Gasteiger partial charge >= 0.3 is 0 Å². The molecule has 0 radical (unpaired) electrons. The van der Waals surface area contributed by atoms with E-state index in [2.05, 4.69) is 41.3 Å². The van der Waals surface area contributed by atoms with Gasteiger partial charge in [-0.25, -0.2) is 4.98 Å². The molecule has 25 heavy (non-hydrogen) atoms. The number of hydrogen-bond donors (Lipinski definition) is 2. The Morgan fingerprint density at radius 3 is 2.64 bits per heavy atom. The van der Waals surface area contributed by atoms with Gasteiger partial charge in [0.15, 0.2) is 6.10 Å². The van der Waals surface area contributed by atoms with Crippen LogP contribution in [-0.4, -0.2) is 22.0 Å². The van der Waals surface area contributed by atoms with Crippen LogP contribution in [0.4, 0.5) is 5.95 Å². The number of hydrogen-bond acceptors (Lipinski definition) is 3. The number of aromatic nitrogens is 2. The van der Waals surface area contributed by atoms with Crippen LogP contribution in [0.5, 0.6) is 5.75 Å². The van der Waals surface area contributed by atoms with Crippen molar-refractivity contribution in [1.82, 2.24) is 9.97 Å². The predicted molar refractivity (Wildman–Crippen MR) is 100 cm³/mol. The molecule has 130 valence electrons. The van der Waals surface area contributed by atoms with Gasteiger partial charge in [-0.2, -0.15) is 0 Å². The number of aryl methyl sites for hydroxylation is 1. The molecule has 0 aliphatic rings. The van der Waals surface area contributed by atoms with E-state index in [0.29, 0.717) is 11.9 Å². The Kier molecular flexibility index (Phi) is 4.74. The first-order chi connectivity index (χ1) is 11.9. The van der Waals surface area contributed by atoms with Crippen LogP contribution in [0.3, 0.4) is 0 Å². The van der Waals surface area contributed by atoms with Gasteiger partial charge < -0.3 is 9.72 Å². The van der Waals surface area contributed by atoms with Crippen molar-refractivity contribution in [3.05, 3.63) is 53.6 Å². The lowest BCUT2D eigenvalue weighted by molar-refractivity contribution is -0.122. The largest absolute Gasteiger partial charge is 0.481 e. The van der Waals surface area contributed by atoms with E-state index in [1.807, 2.05) is 37.3 Å². The van der Waals surface area contributed by atoms with E-state index in [4.69, 9.17) is 4.74 Å². The van der Waals surface area contributed by atoms with E-state index in [-0.39, 0.29) is 5.91 Å². The molecule has 0 fully saturated rings. The van der Waals surface area contributed by atoms with Crippen molar-refractivity contribution < 1.29 is 9.53 Å². The number of amides is 1. The van der Waals surface area contributed by atoms with Crippen LogP contribution >= 0.6 is 0 Å². The van der Waals surface area contributed by atoms with Crippen molar-refractivity contribution in [1.29, 1.82) is 0 Å². The minimum atomic E-state index is -0.632. The summed E-state index contributed by atoms with van der Waals surface area (Å²) in [6, 6.07) is 13.7. The Balaban J connectivity index is 1.73. The number of fused-ring (bicyclic) bond motifs is 1. The minimum Gasteiger partial charge on any atom is -0.481 e. The van der Waals surface area contributed by atoms with Gasteiger partial charge in [0, 0.05) is 0 Å². The number of H-pyrrole nitrogens is 1. The monoisotopic (exact) mass is 337 g/mol. The molecule has 5 nitrogen and oxygen atoms in total. The second-order valence-corrected chi connectivity index (χ2v) is 6.55. The molecule has 5 heteroatoms. The van der Waals surface area contributed by atoms with Gasteiger partial charge in [0.05, 0.1) is 11.0 Å². The van der Waals surface area contributed by atoms with Crippen LogP contribution in [0.1, 0.15) is 37.8 Å². The summed E-state index contributed by atoms with van der Waals surface area (Å²) in [6.45, 7) is 7.97. The molecule has 1 aromatic heterocycles. The molecule has 2 N–H and O–H groups in total. The number of ether oxygens (including phenoxy) is 1. The van der Waals surface area contributed by atoms with Crippen molar-refractivity contribution in [3.63, 3.8) is 0 Å². The fourth-order valence-corrected chi connectivity index (χ4v) is 2.69. The van der Waals surface area contributed by atoms with E-state index in [0.717, 1.165) is 27.9 Å². The number of rotatable bonds is 5. The summed E-state index contributed by atoms with van der Waals surface area (Å²) < 4.78 is 5.94. The summed E-state index contributed by atoms with van der Waals surface area (Å²) in [5.74, 6) is 1.26. The van der Waals surface area contributed by atoms with Crippen molar-refractivity contribution in [2.75, 3.05) is 5.32 Å². The average Bonchev–Trinajstić information content (AvgIpc) is 2.96. The Morgan fingerprint density at radius 2 is 1.92 bits per heavy atom. The highest BCUT2D eigenvalue weighted by atomic mass is 16.5. The first kappa shape index (κ1) is 17.0. The third kappa shape index (κ3) is 3.82. The van der Waals surface area contributed by atoms with E-state index >= 15 is 0 Å². The van der Waals surface area contributed by atoms with Crippen LogP contribution in [0, 0.1) is 6.92 Å². The molecule has 0 spiro atoms. The number of para-hydroxylation sites is 2. The number of carbonyl (C=O) groups excluding carboxylic acids is 1. The van der Waals surface area contributed by atoms with E-state index in [9.17, 15) is 4.79 Å². The van der Waals surface area contributed by atoms with Gasteiger partial charge in [0.2, 0.25) is 5.95 Å². The summed E-state index contributed by atoms with van der Waals surface area (Å²) in [6.07, 6.45) is -0.632. The number of benzene rings is 2. The second kappa shape index (κ2) is 6.97. The van der Waals surface area contributed by atoms with E-state index in [1.165, 1.54) is 0 Å². The molecule has 0 saturated carbocycles. The number of nitrogens with zero attached hydrogens (tertiary/aromatic N) is 1. The van der Waals surface area contributed by atoms with E-state index in [1.54, 1.807) is 6.92 Å². The normalized spacial score (nSPS) is 12.4. The second-order valence-electron chi connectivity index (χ2n) is 6.55. The molecule has 1 amide bonds. The van der Waals surface area contributed by atoms with Crippen molar-refractivity contribution in [2.45, 2.75) is 39.7 Å².